The van der Waals surface area contributed by atoms with Gasteiger partial charge in [0.05, 0.1) is 23.6 Å². The summed E-state index contributed by atoms with van der Waals surface area (Å²) in [6.07, 6.45) is 3.54. The summed E-state index contributed by atoms with van der Waals surface area (Å²) >= 11 is 1.40. The third kappa shape index (κ3) is 2.84. The molecule has 1 N–H and O–H groups in total. The summed E-state index contributed by atoms with van der Waals surface area (Å²) in [6.45, 7) is 2.54. The Hall–Kier alpha value is -2.81. The monoisotopic (exact) mass is 369 g/mol. The molecule has 0 saturated carbocycles. The van der Waals surface area contributed by atoms with E-state index < -0.39 is 0 Å². The van der Waals surface area contributed by atoms with Crippen molar-refractivity contribution in [1.82, 2.24) is 29.7 Å². The predicted molar refractivity (Wildman–Crippen MR) is 103 cm³/mol. The van der Waals surface area contributed by atoms with E-state index in [-0.39, 0.29) is 5.56 Å². The molecule has 0 aliphatic carbocycles. The van der Waals surface area contributed by atoms with Crippen LogP contribution in [0.1, 0.15) is 25.0 Å². The van der Waals surface area contributed by atoms with Crippen molar-refractivity contribution in [2.75, 3.05) is 11.9 Å². The molecule has 4 heterocycles. The second-order valence-electron chi connectivity index (χ2n) is 6.22. The molecule has 8 nitrogen and oxygen atoms in total. The zero-order valence-corrected chi connectivity index (χ0v) is 15.7. The SMILES string of the molecule is CCCc1nc(N(C)Cc2nc3ccsc3c(=O)[nH]2)c2cnn(C)c2n1. The van der Waals surface area contributed by atoms with Crippen LogP contribution >= 0.6 is 11.3 Å². The first-order valence-electron chi connectivity index (χ1n) is 8.43. The topological polar surface area (TPSA) is 92.6 Å². The number of aromatic amines is 1. The molecule has 0 aliphatic rings. The molecular formula is C17H19N7OS. The molecule has 0 aliphatic heterocycles. The van der Waals surface area contributed by atoms with Crippen LogP contribution in [-0.4, -0.2) is 36.8 Å². The number of rotatable bonds is 5. The van der Waals surface area contributed by atoms with Gasteiger partial charge < -0.3 is 9.88 Å². The van der Waals surface area contributed by atoms with Crippen LogP contribution in [0.5, 0.6) is 0 Å². The molecule has 0 radical (unpaired) electrons. The standard InChI is InChI=1S/C17H19N7OS/c1-4-5-12-20-15(10-8-18-24(3)16(10)21-12)23(2)9-13-19-11-6-7-26-14(11)17(25)22-13/h6-8H,4-5,9H2,1-3H3,(H,19,22,25). The van der Waals surface area contributed by atoms with Crippen molar-refractivity contribution in [2.45, 2.75) is 26.3 Å². The third-order valence-corrected chi connectivity index (χ3v) is 5.11. The van der Waals surface area contributed by atoms with Crippen LogP contribution in [0.3, 0.4) is 0 Å². The number of nitrogens with zero attached hydrogens (tertiary/aromatic N) is 6. The molecular weight excluding hydrogens is 350 g/mol. The first-order valence-corrected chi connectivity index (χ1v) is 9.31. The van der Waals surface area contributed by atoms with Crippen molar-refractivity contribution in [1.29, 1.82) is 0 Å². The van der Waals surface area contributed by atoms with Gasteiger partial charge in [-0.05, 0) is 17.9 Å². The number of hydrogen-bond acceptors (Lipinski definition) is 7. The van der Waals surface area contributed by atoms with Gasteiger partial charge in [0.1, 0.15) is 22.2 Å². The summed E-state index contributed by atoms with van der Waals surface area (Å²) in [5.74, 6) is 2.19. The van der Waals surface area contributed by atoms with Gasteiger partial charge in [-0.3, -0.25) is 9.48 Å². The van der Waals surface area contributed by atoms with Gasteiger partial charge in [-0.1, -0.05) is 6.92 Å². The van der Waals surface area contributed by atoms with E-state index in [0.717, 1.165) is 41.0 Å². The molecule has 0 unspecified atom stereocenters. The van der Waals surface area contributed by atoms with Crippen LogP contribution in [0, 0.1) is 0 Å². The Morgan fingerprint density at radius 1 is 1.31 bits per heavy atom. The van der Waals surface area contributed by atoms with E-state index >= 15 is 0 Å². The summed E-state index contributed by atoms with van der Waals surface area (Å²) in [6, 6.07) is 1.86. The Morgan fingerprint density at radius 2 is 2.15 bits per heavy atom. The second kappa shape index (κ2) is 6.49. The average molecular weight is 369 g/mol. The zero-order chi connectivity index (χ0) is 18.3. The maximum atomic E-state index is 12.2. The van der Waals surface area contributed by atoms with Crippen molar-refractivity contribution in [2.24, 2.45) is 7.05 Å². The minimum Gasteiger partial charge on any atom is -0.351 e. The molecule has 134 valence electrons. The molecule has 0 aromatic carbocycles. The number of aromatic nitrogens is 6. The number of anilines is 1. The van der Waals surface area contributed by atoms with Crippen molar-refractivity contribution >= 4 is 38.4 Å². The molecule has 0 saturated heterocycles. The first kappa shape index (κ1) is 16.6. The lowest BCUT2D eigenvalue weighted by atomic mass is 10.3. The van der Waals surface area contributed by atoms with Gasteiger partial charge in [0.15, 0.2) is 5.65 Å². The minimum absolute atomic E-state index is 0.103. The first-order chi connectivity index (χ1) is 12.6. The van der Waals surface area contributed by atoms with E-state index in [0.29, 0.717) is 17.1 Å². The van der Waals surface area contributed by atoms with Gasteiger partial charge in [-0.15, -0.1) is 11.3 Å². The van der Waals surface area contributed by atoms with Gasteiger partial charge in [0.2, 0.25) is 0 Å². The van der Waals surface area contributed by atoms with E-state index in [1.807, 2.05) is 30.4 Å². The van der Waals surface area contributed by atoms with Crippen molar-refractivity contribution in [3.05, 3.63) is 39.6 Å². The lowest BCUT2D eigenvalue weighted by Gasteiger charge is -2.19. The van der Waals surface area contributed by atoms with Crippen LogP contribution in [0.4, 0.5) is 5.82 Å². The maximum absolute atomic E-state index is 12.2. The summed E-state index contributed by atoms with van der Waals surface area (Å²) in [5.41, 5.74) is 1.43. The van der Waals surface area contributed by atoms with Crippen LogP contribution in [0.25, 0.3) is 21.3 Å². The van der Waals surface area contributed by atoms with Gasteiger partial charge in [-0.25, -0.2) is 15.0 Å². The highest BCUT2D eigenvalue weighted by Crippen LogP contribution is 2.24. The average Bonchev–Trinajstić information content (AvgIpc) is 3.22. The summed E-state index contributed by atoms with van der Waals surface area (Å²) in [5, 5.41) is 7.07. The Kier molecular flexibility index (Phi) is 4.15. The highest BCUT2D eigenvalue weighted by atomic mass is 32.1. The van der Waals surface area contributed by atoms with E-state index in [4.69, 9.17) is 4.98 Å². The number of nitrogens with one attached hydrogen (secondary N) is 1. The quantitative estimate of drug-likeness (QED) is 0.580. The van der Waals surface area contributed by atoms with Crippen LogP contribution < -0.4 is 10.5 Å². The molecule has 9 heteroatoms. The van der Waals surface area contributed by atoms with Crippen molar-refractivity contribution < 1.29 is 0 Å². The lowest BCUT2D eigenvalue weighted by Crippen LogP contribution is -2.23. The largest absolute Gasteiger partial charge is 0.351 e. The summed E-state index contributed by atoms with van der Waals surface area (Å²) < 4.78 is 2.41. The van der Waals surface area contributed by atoms with Gasteiger partial charge >= 0.3 is 0 Å². The normalized spacial score (nSPS) is 11.5. The number of thiophene rings is 1. The Balaban J connectivity index is 1.74. The highest BCUT2D eigenvalue weighted by Gasteiger charge is 2.16. The number of hydrogen-bond donors (Lipinski definition) is 1. The maximum Gasteiger partial charge on any atom is 0.268 e. The summed E-state index contributed by atoms with van der Waals surface area (Å²) in [4.78, 5) is 30.9. The molecule has 0 atom stereocenters. The lowest BCUT2D eigenvalue weighted by molar-refractivity contribution is 0.767. The fraction of sp³-hybridized carbons (Fsp3) is 0.353. The van der Waals surface area contributed by atoms with Gasteiger partial charge in [-0.2, -0.15) is 5.10 Å². The molecule has 0 spiro atoms. The molecule has 0 bridgehead atoms. The van der Waals surface area contributed by atoms with Crippen molar-refractivity contribution in [3.8, 4) is 0 Å². The molecule has 4 rings (SSSR count). The van der Waals surface area contributed by atoms with E-state index in [2.05, 4.69) is 27.0 Å². The Labute approximate surface area is 153 Å². The number of fused-ring (bicyclic) bond motifs is 2. The minimum atomic E-state index is -0.103. The Morgan fingerprint density at radius 3 is 2.96 bits per heavy atom. The van der Waals surface area contributed by atoms with E-state index in [1.54, 1.807) is 10.9 Å². The van der Waals surface area contributed by atoms with Gasteiger partial charge in [0.25, 0.3) is 5.56 Å². The van der Waals surface area contributed by atoms with Crippen LogP contribution in [0.15, 0.2) is 22.4 Å². The highest BCUT2D eigenvalue weighted by molar-refractivity contribution is 7.17. The molecule has 0 fully saturated rings. The van der Waals surface area contributed by atoms with Gasteiger partial charge in [0, 0.05) is 20.5 Å². The van der Waals surface area contributed by atoms with Crippen LogP contribution in [0.2, 0.25) is 0 Å². The third-order valence-electron chi connectivity index (χ3n) is 4.20. The van der Waals surface area contributed by atoms with Crippen LogP contribution in [-0.2, 0) is 20.0 Å². The van der Waals surface area contributed by atoms with Crippen molar-refractivity contribution in [3.63, 3.8) is 0 Å². The smallest absolute Gasteiger partial charge is 0.268 e. The Bertz CT molecular complexity index is 1140. The fourth-order valence-electron chi connectivity index (χ4n) is 2.97. The molecule has 4 aromatic rings. The molecule has 0 amide bonds. The zero-order valence-electron chi connectivity index (χ0n) is 14.9. The number of H-pyrrole nitrogens is 1. The predicted octanol–water partition coefficient (Wildman–Crippen LogP) is 2.25. The van der Waals surface area contributed by atoms with E-state index in [9.17, 15) is 4.79 Å². The second-order valence-corrected chi connectivity index (χ2v) is 7.14. The van der Waals surface area contributed by atoms with E-state index in [1.165, 1.54) is 11.3 Å². The molecule has 26 heavy (non-hydrogen) atoms. The molecule has 4 aromatic heterocycles. The summed E-state index contributed by atoms with van der Waals surface area (Å²) in [7, 11) is 3.81. The fourth-order valence-corrected chi connectivity index (χ4v) is 3.70. The number of aryl methyl sites for hydroxylation is 2.